The van der Waals surface area contributed by atoms with Crippen LogP contribution in [0.3, 0.4) is 0 Å². The van der Waals surface area contributed by atoms with Crippen LogP contribution in [0, 0.1) is 0 Å². The Morgan fingerprint density at radius 1 is 1.16 bits per heavy atom. The fourth-order valence-electron chi connectivity index (χ4n) is 2.15. The average molecular weight is 269 g/mol. The Bertz CT molecular complexity index is 327. The van der Waals surface area contributed by atoms with Gasteiger partial charge >= 0.3 is 5.97 Å². The molecular formula is C14H23NO4. The quantitative estimate of drug-likeness (QED) is 0.688. The maximum Gasteiger partial charge on any atom is 0.306 e. The van der Waals surface area contributed by atoms with Crippen molar-refractivity contribution in [3.8, 4) is 0 Å². The van der Waals surface area contributed by atoms with Crippen LogP contribution in [0.15, 0.2) is 0 Å². The Balaban J connectivity index is 2.32. The summed E-state index contributed by atoms with van der Waals surface area (Å²) < 4.78 is 4.77. The van der Waals surface area contributed by atoms with Gasteiger partial charge < -0.3 is 9.64 Å². The number of hydrogen-bond acceptors (Lipinski definition) is 4. The second-order valence-electron chi connectivity index (χ2n) is 4.82. The summed E-state index contributed by atoms with van der Waals surface area (Å²) in [4.78, 5) is 36.4. The number of nitrogens with zero attached hydrogens (tertiary/aromatic N) is 1. The zero-order chi connectivity index (χ0) is 14.1. The minimum Gasteiger partial charge on any atom is -0.466 e. The van der Waals surface area contributed by atoms with Gasteiger partial charge in [0.25, 0.3) is 0 Å². The molecule has 0 aromatic rings. The van der Waals surface area contributed by atoms with E-state index in [2.05, 4.69) is 0 Å². The van der Waals surface area contributed by atoms with Gasteiger partial charge in [0.2, 0.25) is 5.91 Å². The molecular weight excluding hydrogens is 246 g/mol. The van der Waals surface area contributed by atoms with E-state index in [1.807, 2.05) is 0 Å². The molecule has 1 rings (SSSR count). The molecule has 0 bridgehead atoms. The number of esters is 1. The van der Waals surface area contributed by atoms with E-state index in [0.29, 0.717) is 19.6 Å². The number of likely N-dealkylation sites (tertiary alicyclic amines) is 1. The van der Waals surface area contributed by atoms with Crippen LogP contribution >= 0.6 is 0 Å². The number of rotatable bonds is 6. The predicted octanol–water partition coefficient (Wildman–Crippen LogP) is 1.69. The number of Topliss-reactive ketones (excluding diaryl/α,β-unsaturated/α-hetero) is 1. The summed E-state index contributed by atoms with van der Waals surface area (Å²) in [7, 11) is 0. The van der Waals surface area contributed by atoms with Crippen molar-refractivity contribution in [1.82, 2.24) is 4.90 Å². The fourth-order valence-corrected chi connectivity index (χ4v) is 2.15. The van der Waals surface area contributed by atoms with Crippen LogP contribution in [0.25, 0.3) is 0 Å². The van der Waals surface area contributed by atoms with Gasteiger partial charge in [0.05, 0.1) is 19.6 Å². The highest BCUT2D eigenvalue weighted by Crippen LogP contribution is 2.12. The van der Waals surface area contributed by atoms with Crippen molar-refractivity contribution in [1.29, 1.82) is 0 Å². The molecule has 1 fully saturated rings. The van der Waals surface area contributed by atoms with Crippen molar-refractivity contribution in [2.45, 2.75) is 51.9 Å². The topological polar surface area (TPSA) is 63.7 Å². The number of hydrogen-bond donors (Lipinski definition) is 0. The SMILES string of the molecule is CCOC(=O)CCC(=O)CN1CCCCCCC1=O. The molecule has 0 aromatic heterocycles. The lowest BCUT2D eigenvalue weighted by atomic mass is 10.1. The first-order chi connectivity index (χ1) is 9.13. The van der Waals surface area contributed by atoms with Gasteiger partial charge in [-0.05, 0) is 19.8 Å². The van der Waals surface area contributed by atoms with Crippen molar-refractivity contribution < 1.29 is 19.1 Å². The molecule has 0 aliphatic carbocycles. The second-order valence-corrected chi connectivity index (χ2v) is 4.82. The first-order valence-corrected chi connectivity index (χ1v) is 7.08. The Kier molecular flexibility index (Phi) is 7.15. The van der Waals surface area contributed by atoms with Crippen LogP contribution in [-0.2, 0) is 19.1 Å². The summed E-state index contributed by atoms with van der Waals surface area (Å²) in [6, 6.07) is 0. The summed E-state index contributed by atoms with van der Waals surface area (Å²) in [5.74, 6) is -0.360. The van der Waals surface area contributed by atoms with Gasteiger partial charge in [0, 0.05) is 19.4 Å². The Labute approximate surface area is 114 Å². The molecule has 0 atom stereocenters. The molecule has 0 unspecified atom stereocenters. The van der Waals surface area contributed by atoms with Crippen LogP contribution in [0.1, 0.15) is 51.9 Å². The third kappa shape index (κ3) is 6.36. The zero-order valence-corrected chi connectivity index (χ0v) is 11.7. The third-order valence-corrected chi connectivity index (χ3v) is 3.20. The predicted molar refractivity (Wildman–Crippen MR) is 70.5 cm³/mol. The number of carbonyl (C=O) groups is 3. The van der Waals surface area contributed by atoms with E-state index in [9.17, 15) is 14.4 Å². The van der Waals surface area contributed by atoms with Crippen molar-refractivity contribution in [3.05, 3.63) is 0 Å². The van der Waals surface area contributed by atoms with E-state index in [0.717, 1.165) is 25.7 Å². The standard InChI is InChI=1S/C14H23NO4/c1-2-19-14(18)9-8-12(16)11-15-10-6-4-3-5-7-13(15)17/h2-11H2,1H3. The first-order valence-electron chi connectivity index (χ1n) is 7.08. The number of ketones is 1. The Morgan fingerprint density at radius 3 is 2.63 bits per heavy atom. The first kappa shape index (κ1) is 15.7. The van der Waals surface area contributed by atoms with Crippen molar-refractivity contribution in [2.24, 2.45) is 0 Å². The van der Waals surface area contributed by atoms with Crippen LogP contribution in [0.5, 0.6) is 0 Å². The summed E-state index contributed by atoms with van der Waals surface area (Å²) >= 11 is 0. The van der Waals surface area contributed by atoms with E-state index in [1.165, 1.54) is 0 Å². The van der Waals surface area contributed by atoms with E-state index >= 15 is 0 Å². The minimum atomic E-state index is -0.352. The highest BCUT2D eigenvalue weighted by Gasteiger charge is 2.18. The normalized spacial score (nSPS) is 16.7. The lowest BCUT2D eigenvalue weighted by Crippen LogP contribution is -2.37. The molecule has 1 heterocycles. The summed E-state index contributed by atoms with van der Waals surface area (Å²) in [5.41, 5.74) is 0. The van der Waals surface area contributed by atoms with Gasteiger partial charge in [-0.15, -0.1) is 0 Å². The van der Waals surface area contributed by atoms with Crippen LogP contribution < -0.4 is 0 Å². The number of carbonyl (C=O) groups excluding carboxylic acids is 3. The molecule has 0 saturated carbocycles. The zero-order valence-electron chi connectivity index (χ0n) is 11.7. The highest BCUT2D eigenvalue weighted by atomic mass is 16.5. The maximum absolute atomic E-state index is 11.8. The molecule has 5 heteroatoms. The number of ether oxygens (including phenoxy) is 1. The largest absolute Gasteiger partial charge is 0.466 e. The smallest absolute Gasteiger partial charge is 0.306 e. The highest BCUT2D eigenvalue weighted by molar-refractivity contribution is 5.88. The number of amides is 1. The van der Waals surface area contributed by atoms with E-state index in [1.54, 1.807) is 11.8 Å². The lowest BCUT2D eigenvalue weighted by molar-refractivity contribution is -0.144. The molecule has 1 aliphatic heterocycles. The van der Waals surface area contributed by atoms with E-state index in [4.69, 9.17) is 4.74 Å². The molecule has 0 radical (unpaired) electrons. The van der Waals surface area contributed by atoms with Gasteiger partial charge in [0.1, 0.15) is 0 Å². The molecule has 0 spiro atoms. The molecule has 108 valence electrons. The average Bonchev–Trinajstić information content (AvgIpc) is 2.36. The Hall–Kier alpha value is -1.39. The van der Waals surface area contributed by atoms with Crippen molar-refractivity contribution in [3.63, 3.8) is 0 Å². The lowest BCUT2D eigenvalue weighted by Gasteiger charge is -2.24. The molecule has 1 saturated heterocycles. The Morgan fingerprint density at radius 2 is 1.89 bits per heavy atom. The second kappa shape index (κ2) is 8.67. The summed E-state index contributed by atoms with van der Waals surface area (Å²) in [6.45, 7) is 2.86. The van der Waals surface area contributed by atoms with Crippen molar-refractivity contribution in [2.75, 3.05) is 19.7 Å². The van der Waals surface area contributed by atoms with Crippen molar-refractivity contribution >= 4 is 17.7 Å². The molecule has 0 aromatic carbocycles. The van der Waals surface area contributed by atoms with Gasteiger partial charge in [-0.3, -0.25) is 14.4 Å². The molecule has 5 nitrogen and oxygen atoms in total. The van der Waals surface area contributed by atoms with Gasteiger partial charge in [-0.2, -0.15) is 0 Å². The van der Waals surface area contributed by atoms with Crippen LogP contribution in [0.2, 0.25) is 0 Å². The molecule has 19 heavy (non-hydrogen) atoms. The molecule has 1 amide bonds. The van der Waals surface area contributed by atoms with Gasteiger partial charge in [0.15, 0.2) is 5.78 Å². The van der Waals surface area contributed by atoms with Crippen LogP contribution in [-0.4, -0.2) is 42.3 Å². The van der Waals surface area contributed by atoms with E-state index in [-0.39, 0.29) is 37.0 Å². The van der Waals surface area contributed by atoms with Gasteiger partial charge in [-0.1, -0.05) is 12.8 Å². The third-order valence-electron chi connectivity index (χ3n) is 3.20. The maximum atomic E-state index is 11.8. The molecule has 1 aliphatic rings. The van der Waals surface area contributed by atoms with Gasteiger partial charge in [-0.25, -0.2) is 0 Å². The van der Waals surface area contributed by atoms with E-state index < -0.39 is 0 Å². The molecule has 0 N–H and O–H groups in total. The van der Waals surface area contributed by atoms with Crippen LogP contribution in [0.4, 0.5) is 0 Å². The fraction of sp³-hybridized carbons (Fsp3) is 0.786. The summed E-state index contributed by atoms with van der Waals surface area (Å²) in [5, 5.41) is 0. The minimum absolute atomic E-state index is 0.0594. The monoisotopic (exact) mass is 269 g/mol. The summed E-state index contributed by atoms with van der Waals surface area (Å²) in [6.07, 6.45) is 4.86.